The molecule has 1 amide bonds. The largest absolute Gasteiger partial charge is 0.457 e. The van der Waals surface area contributed by atoms with Gasteiger partial charge in [-0.1, -0.05) is 62.4 Å². The summed E-state index contributed by atoms with van der Waals surface area (Å²) < 4.78 is 11.3. The number of carbonyl (C=O) groups excluding carboxylic acids is 2. The predicted octanol–water partition coefficient (Wildman–Crippen LogP) is 5.62. The zero-order valence-corrected chi connectivity index (χ0v) is 17.6. The second-order valence-electron chi connectivity index (χ2n) is 7.70. The van der Waals surface area contributed by atoms with Gasteiger partial charge in [-0.05, 0) is 42.2 Å². The fraction of sp³-hybridized carbons (Fsp3) is 0.231. The average molecular weight is 415 g/mol. The lowest BCUT2D eigenvalue weighted by molar-refractivity contribution is -0.148. The van der Waals surface area contributed by atoms with Crippen molar-refractivity contribution in [2.75, 3.05) is 11.9 Å². The highest BCUT2D eigenvalue weighted by Crippen LogP contribution is 2.44. The first-order valence-corrected chi connectivity index (χ1v) is 10.5. The minimum absolute atomic E-state index is 0.354. The zero-order valence-electron chi connectivity index (χ0n) is 17.6. The highest BCUT2D eigenvalue weighted by atomic mass is 16.5. The summed E-state index contributed by atoms with van der Waals surface area (Å²) in [6, 6.07) is 22.5. The molecule has 5 heteroatoms. The van der Waals surface area contributed by atoms with E-state index in [9.17, 15) is 9.59 Å². The predicted molar refractivity (Wildman–Crippen MR) is 120 cm³/mol. The smallest absolute Gasteiger partial charge is 0.318 e. The van der Waals surface area contributed by atoms with Crippen LogP contribution >= 0.6 is 0 Å². The number of hydrogen-bond donors (Lipinski definition) is 1. The van der Waals surface area contributed by atoms with Crippen LogP contribution in [0.5, 0.6) is 11.5 Å². The maximum absolute atomic E-state index is 13.0. The second kappa shape index (κ2) is 9.04. The summed E-state index contributed by atoms with van der Waals surface area (Å²) in [4.78, 5) is 25.3. The van der Waals surface area contributed by atoms with Crippen molar-refractivity contribution >= 4 is 17.6 Å². The number of amides is 1. The molecule has 0 saturated heterocycles. The van der Waals surface area contributed by atoms with Crippen LogP contribution in [0.15, 0.2) is 72.8 Å². The molecule has 0 unspecified atom stereocenters. The van der Waals surface area contributed by atoms with Crippen molar-refractivity contribution < 1.29 is 19.1 Å². The first kappa shape index (κ1) is 20.7. The molecule has 0 aliphatic carbocycles. The molecule has 3 aromatic carbocycles. The molecule has 1 aliphatic rings. The lowest BCUT2D eigenvalue weighted by Crippen LogP contribution is -2.26. The molecule has 31 heavy (non-hydrogen) atoms. The van der Waals surface area contributed by atoms with Gasteiger partial charge in [0.05, 0.1) is 0 Å². The minimum Gasteiger partial charge on any atom is -0.457 e. The Balaban J connectivity index is 1.43. The van der Waals surface area contributed by atoms with Crippen molar-refractivity contribution in [3.8, 4) is 11.5 Å². The van der Waals surface area contributed by atoms with Gasteiger partial charge in [0.1, 0.15) is 17.4 Å². The van der Waals surface area contributed by atoms with Gasteiger partial charge in [0.25, 0.3) is 5.91 Å². The number of rotatable bonds is 6. The molecule has 0 saturated carbocycles. The van der Waals surface area contributed by atoms with E-state index >= 15 is 0 Å². The van der Waals surface area contributed by atoms with Crippen LogP contribution in [0.1, 0.15) is 48.8 Å². The maximum Gasteiger partial charge on any atom is 0.318 e. The molecule has 1 N–H and O–H groups in total. The monoisotopic (exact) mass is 415 g/mol. The average Bonchev–Trinajstić information content (AvgIpc) is 2.81. The van der Waals surface area contributed by atoms with Crippen LogP contribution in [0.3, 0.4) is 0 Å². The van der Waals surface area contributed by atoms with Crippen molar-refractivity contribution in [1.29, 1.82) is 0 Å². The number of anilines is 1. The van der Waals surface area contributed by atoms with Gasteiger partial charge in [-0.25, -0.2) is 0 Å². The number of nitrogens with one attached hydrogen (secondary N) is 1. The topological polar surface area (TPSA) is 64.6 Å². The Kier molecular flexibility index (Phi) is 6.03. The minimum atomic E-state index is -0.635. The van der Waals surface area contributed by atoms with E-state index in [2.05, 4.69) is 19.2 Å². The van der Waals surface area contributed by atoms with Gasteiger partial charge in [-0.2, -0.15) is 0 Å². The number of ether oxygens (including phenoxy) is 2. The Labute approximate surface area is 182 Å². The van der Waals surface area contributed by atoms with Crippen molar-refractivity contribution in [1.82, 2.24) is 0 Å². The third-order valence-corrected chi connectivity index (χ3v) is 5.64. The molecule has 1 heterocycles. The van der Waals surface area contributed by atoms with E-state index in [0.717, 1.165) is 17.5 Å². The van der Waals surface area contributed by atoms with E-state index in [4.69, 9.17) is 9.47 Å². The van der Waals surface area contributed by atoms with Crippen molar-refractivity contribution in [2.45, 2.75) is 32.1 Å². The second-order valence-corrected chi connectivity index (χ2v) is 7.70. The first-order chi connectivity index (χ1) is 15.1. The van der Waals surface area contributed by atoms with Crippen LogP contribution in [0.2, 0.25) is 0 Å². The van der Waals surface area contributed by atoms with Gasteiger partial charge in [0.2, 0.25) is 0 Å². The van der Waals surface area contributed by atoms with Crippen LogP contribution in [0.25, 0.3) is 0 Å². The summed E-state index contributed by atoms with van der Waals surface area (Å²) in [5, 5.41) is 2.78. The number of esters is 1. The van der Waals surface area contributed by atoms with E-state index in [0.29, 0.717) is 23.1 Å². The lowest BCUT2D eigenvalue weighted by Gasteiger charge is -2.26. The Morgan fingerprint density at radius 1 is 0.935 bits per heavy atom. The lowest BCUT2D eigenvalue weighted by atomic mass is 9.88. The summed E-state index contributed by atoms with van der Waals surface area (Å²) >= 11 is 0. The van der Waals surface area contributed by atoms with Gasteiger partial charge < -0.3 is 14.8 Å². The van der Waals surface area contributed by atoms with E-state index in [-0.39, 0.29) is 12.5 Å². The standard InChI is InChI=1S/C26H25NO4/c1-3-17(2)18-12-14-19(15-13-18)27-24(28)16-30-26(29)25-20-8-4-6-10-22(20)31-23-11-7-5-9-21(23)25/h4-15,17,25H,3,16H2,1-2H3,(H,27,28)/t17-/m1/s1. The van der Waals surface area contributed by atoms with E-state index in [1.54, 1.807) is 0 Å². The number of fused-ring (bicyclic) bond motifs is 2. The SMILES string of the molecule is CC[C@@H](C)c1ccc(NC(=O)COC(=O)C2c3ccccc3Oc3ccccc32)cc1. The van der Waals surface area contributed by atoms with Crippen molar-refractivity contribution in [3.05, 3.63) is 89.5 Å². The van der Waals surface area contributed by atoms with Crippen molar-refractivity contribution in [2.24, 2.45) is 0 Å². The Hall–Kier alpha value is -3.60. The number of hydrogen-bond acceptors (Lipinski definition) is 4. The van der Waals surface area contributed by atoms with Crippen LogP contribution in [-0.2, 0) is 14.3 Å². The fourth-order valence-corrected chi connectivity index (χ4v) is 3.71. The normalized spacial score (nSPS) is 13.4. The zero-order chi connectivity index (χ0) is 21.8. The number of para-hydroxylation sites is 2. The molecule has 158 valence electrons. The number of benzene rings is 3. The highest BCUT2D eigenvalue weighted by molar-refractivity contribution is 5.94. The van der Waals surface area contributed by atoms with Crippen molar-refractivity contribution in [3.63, 3.8) is 0 Å². The summed E-state index contributed by atoms with van der Waals surface area (Å²) in [7, 11) is 0. The van der Waals surface area contributed by atoms with Gasteiger partial charge >= 0.3 is 5.97 Å². The molecule has 3 aromatic rings. The molecular weight excluding hydrogens is 390 g/mol. The first-order valence-electron chi connectivity index (χ1n) is 10.5. The third kappa shape index (κ3) is 4.45. The van der Waals surface area contributed by atoms with Crippen LogP contribution < -0.4 is 10.1 Å². The van der Waals surface area contributed by atoms with Crippen LogP contribution in [-0.4, -0.2) is 18.5 Å². The van der Waals surface area contributed by atoms with Gasteiger partial charge in [0.15, 0.2) is 6.61 Å². The molecule has 0 spiro atoms. The van der Waals surface area contributed by atoms with Gasteiger partial charge in [0, 0.05) is 16.8 Å². The molecular formula is C26H25NO4. The molecule has 0 bridgehead atoms. The fourth-order valence-electron chi connectivity index (χ4n) is 3.71. The summed E-state index contributed by atoms with van der Waals surface area (Å²) in [5.41, 5.74) is 3.36. The molecule has 4 rings (SSSR count). The Morgan fingerprint density at radius 2 is 1.52 bits per heavy atom. The molecule has 1 aliphatic heterocycles. The van der Waals surface area contributed by atoms with Gasteiger partial charge in [-0.15, -0.1) is 0 Å². The molecule has 0 fully saturated rings. The van der Waals surface area contributed by atoms with Gasteiger partial charge in [-0.3, -0.25) is 9.59 Å². The molecule has 0 aromatic heterocycles. The van der Waals surface area contributed by atoms with Crippen LogP contribution in [0, 0.1) is 0 Å². The third-order valence-electron chi connectivity index (χ3n) is 5.64. The van der Waals surface area contributed by atoms with E-state index in [1.165, 1.54) is 5.56 Å². The van der Waals surface area contributed by atoms with E-state index < -0.39 is 11.9 Å². The molecule has 1 atom stereocenters. The molecule has 0 radical (unpaired) electrons. The maximum atomic E-state index is 13.0. The Morgan fingerprint density at radius 3 is 2.10 bits per heavy atom. The molecule has 5 nitrogen and oxygen atoms in total. The summed E-state index contributed by atoms with van der Waals surface area (Å²) in [5.74, 6) is 0.214. The Bertz CT molecular complexity index is 1050. The summed E-state index contributed by atoms with van der Waals surface area (Å²) in [6.45, 7) is 3.96. The quantitative estimate of drug-likeness (QED) is 0.531. The number of carbonyl (C=O) groups is 2. The highest BCUT2D eigenvalue weighted by Gasteiger charge is 2.33. The van der Waals surface area contributed by atoms with E-state index in [1.807, 2.05) is 72.8 Å². The van der Waals surface area contributed by atoms with Crippen LogP contribution in [0.4, 0.5) is 5.69 Å². The summed E-state index contributed by atoms with van der Waals surface area (Å²) in [6.07, 6.45) is 1.06.